The molecule has 8 heteroatoms. The lowest BCUT2D eigenvalue weighted by molar-refractivity contribution is -0.137. The van der Waals surface area contributed by atoms with Crippen LogP contribution in [0.1, 0.15) is 12.0 Å². The van der Waals surface area contributed by atoms with Crippen molar-refractivity contribution in [3.8, 4) is 0 Å². The molecular formula is C14H16ClF3N2O2. The van der Waals surface area contributed by atoms with Gasteiger partial charge in [0, 0.05) is 18.2 Å². The number of aliphatic hydroxyl groups is 1. The summed E-state index contributed by atoms with van der Waals surface area (Å²) in [4.78, 5) is 13.7. The zero-order chi connectivity index (χ0) is 16.3. The second-order valence-electron chi connectivity index (χ2n) is 5.31. The minimum atomic E-state index is -4.59. The fourth-order valence-corrected chi connectivity index (χ4v) is 2.63. The highest BCUT2D eigenvalue weighted by Crippen LogP contribution is 2.36. The van der Waals surface area contributed by atoms with E-state index in [1.54, 1.807) is 4.90 Å². The summed E-state index contributed by atoms with van der Waals surface area (Å²) in [5.41, 5.74) is -1.28. The topological polar surface area (TPSA) is 52.6 Å². The number of likely N-dealkylation sites (tertiary alicyclic amines) is 1. The quantitative estimate of drug-likeness (QED) is 0.888. The molecule has 1 unspecified atom stereocenters. The average molecular weight is 337 g/mol. The number of nitrogens with one attached hydrogen (secondary N) is 1. The van der Waals surface area contributed by atoms with Gasteiger partial charge in [0.25, 0.3) is 0 Å². The molecule has 1 amide bonds. The lowest BCUT2D eigenvalue weighted by Gasteiger charge is -2.17. The van der Waals surface area contributed by atoms with Gasteiger partial charge in [0.1, 0.15) is 0 Å². The molecule has 22 heavy (non-hydrogen) atoms. The van der Waals surface area contributed by atoms with Gasteiger partial charge in [-0.3, -0.25) is 9.69 Å². The van der Waals surface area contributed by atoms with Crippen LogP contribution in [0.2, 0.25) is 5.02 Å². The molecule has 0 aromatic heterocycles. The molecule has 2 rings (SSSR count). The van der Waals surface area contributed by atoms with Gasteiger partial charge < -0.3 is 10.4 Å². The van der Waals surface area contributed by atoms with Crippen LogP contribution in [0.4, 0.5) is 18.9 Å². The molecule has 0 saturated carbocycles. The van der Waals surface area contributed by atoms with Gasteiger partial charge >= 0.3 is 6.18 Å². The minimum absolute atomic E-state index is 0.00355. The third-order valence-electron chi connectivity index (χ3n) is 3.56. The summed E-state index contributed by atoms with van der Waals surface area (Å²) in [7, 11) is 0. The molecule has 0 radical (unpaired) electrons. The number of rotatable bonds is 4. The molecule has 2 N–H and O–H groups in total. The lowest BCUT2D eigenvalue weighted by atomic mass is 10.1. The number of benzene rings is 1. The van der Waals surface area contributed by atoms with Gasteiger partial charge in [0.2, 0.25) is 5.91 Å². The molecule has 1 fully saturated rings. The van der Waals surface area contributed by atoms with Crippen molar-refractivity contribution in [3.63, 3.8) is 0 Å². The fourth-order valence-electron chi connectivity index (χ4n) is 2.46. The summed E-state index contributed by atoms with van der Waals surface area (Å²) in [6, 6.07) is 3.22. The Hall–Kier alpha value is -1.31. The van der Waals surface area contributed by atoms with Crippen LogP contribution in [-0.2, 0) is 11.0 Å². The Morgan fingerprint density at radius 3 is 2.77 bits per heavy atom. The van der Waals surface area contributed by atoms with Crippen LogP contribution in [0.25, 0.3) is 0 Å². The normalized spacial score (nSPS) is 19.4. The summed E-state index contributed by atoms with van der Waals surface area (Å²) in [6.45, 7) is 1.26. The van der Waals surface area contributed by atoms with Gasteiger partial charge in [-0.25, -0.2) is 0 Å². The second-order valence-corrected chi connectivity index (χ2v) is 5.74. The smallest absolute Gasteiger partial charge is 0.396 e. The van der Waals surface area contributed by atoms with Crippen molar-refractivity contribution >= 4 is 23.2 Å². The van der Waals surface area contributed by atoms with E-state index < -0.39 is 17.6 Å². The lowest BCUT2D eigenvalue weighted by Crippen LogP contribution is -2.32. The van der Waals surface area contributed by atoms with Crippen LogP contribution in [0.15, 0.2) is 18.2 Å². The number of carbonyl (C=O) groups is 1. The van der Waals surface area contributed by atoms with Crippen molar-refractivity contribution in [1.82, 2.24) is 4.90 Å². The summed E-state index contributed by atoms with van der Waals surface area (Å²) in [5, 5.41) is 11.3. The molecule has 1 heterocycles. The van der Waals surface area contributed by atoms with Crippen molar-refractivity contribution in [2.24, 2.45) is 5.92 Å². The average Bonchev–Trinajstić information content (AvgIpc) is 2.87. The summed E-state index contributed by atoms with van der Waals surface area (Å²) in [6.07, 6.45) is -3.82. The Kier molecular flexibility index (Phi) is 5.31. The summed E-state index contributed by atoms with van der Waals surface area (Å²) in [5.74, 6) is -0.402. The Labute approximate surface area is 130 Å². The van der Waals surface area contributed by atoms with Gasteiger partial charge in [-0.2, -0.15) is 13.2 Å². The van der Waals surface area contributed by atoms with Crippen molar-refractivity contribution in [3.05, 3.63) is 28.8 Å². The maximum absolute atomic E-state index is 12.9. The Morgan fingerprint density at radius 1 is 1.45 bits per heavy atom. The van der Waals surface area contributed by atoms with Crippen LogP contribution in [0, 0.1) is 5.92 Å². The standard InChI is InChI=1S/C14H16ClF3N2O2/c15-10-1-2-12(11(5-10)14(16,17)18)19-13(22)7-20-4-3-9(6-20)8-21/h1-2,5,9,21H,3-4,6-8H2,(H,19,22). The number of alkyl halides is 3. The van der Waals surface area contributed by atoms with E-state index >= 15 is 0 Å². The molecule has 1 saturated heterocycles. The number of halogens is 4. The number of anilines is 1. The van der Waals surface area contributed by atoms with Crippen LogP contribution in [-0.4, -0.2) is 42.2 Å². The van der Waals surface area contributed by atoms with Gasteiger partial charge in [-0.05, 0) is 37.1 Å². The molecule has 1 aliphatic heterocycles. The van der Waals surface area contributed by atoms with E-state index in [0.717, 1.165) is 18.6 Å². The number of nitrogens with zero attached hydrogens (tertiary/aromatic N) is 1. The molecule has 0 bridgehead atoms. The molecule has 0 spiro atoms. The van der Waals surface area contributed by atoms with E-state index in [-0.39, 0.29) is 29.8 Å². The first-order valence-electron chi connectivity index (χ1n) is 6.79. The highest BCUT2D eigenvalue weighted by Gasteiger charge is 2.34. The number of hydrogen-bond donors (Lipinski definition) is 2. The van der Waals surface area contributed by atoms with E-state index in [2.05, 4.69) is 5.32 Å². The molecule has 1 aromatic rings. The fraction of sp³-hybridized carbons (Fsp3) is 0.500. The maximum Gasteiger partial charge on any atom is 0.418 e. The number of amides is 1. The van der Waals surface area contributed by atoms with Crippen LogP contribution in [0.3, 0.4) is 0 Å². The van der Waals surface area contributed by atoms with E-state index in [1.807, 2.05) is 0 Å². The van der Waals surface area contributed by atoms with Crippen molar-refractivity contribution in [2.75, 3.05) is 31.6 Å². The first-order valence-corrected chi connectivity index (χ1v) is 7.17. The third-order valence-corrected chi connectivity index (χ3v) is 3.79. The van der Waals surface area contributed by atoms with Crippen LogP contribution >= 0.6 is 11.6 Å². The SMILES string of the molecule is O=C(CN1CCC(CO)C1)Nc1ccc(Cl)cc1C(F)(F)F. The molecule has 1 aromatic carbocycles. The van der Waals surface area contributed by atoms with E-state index in [9.17, 15) is 18.0 Å². The summed E-state index contributed by atoms with van der Waals surface area (Å²) >= 11 is 5.58. The van der Waals surface area contributed by atoms with Crippen molar-refractivity contribution < 1.29 is 23.1 Å². The molecule has 0 aliphatic carbocycles. The van der Waals surface area contributed by atoms with Crippen LogP contribution in [0.5, 0.6) is 0 Å². The predicted octanol–water partition coefficient (Wildman–Crippen LogP) is 2.61. The molecule has 4 nitrogen and oxygen atoms in total. The van der Waals surface area contributed by atoms with E-state index in [4.69, 9.17) is 16.7 Å². The molecule has 122 valence electrons. The highest BCUT2D eigenvalue weighted by molar-refractivity contribution is 6.30. The predicted molar refractivity (Wildman–Crippen MR) is 76.7 cm³/mol. The maximum atomic E-state index is 12.9. The third kappa shape index (κ3) is 4.34. The Morgan fingerprint density at radius 2 is 2.18 bits per heavy atom. The molecule has 1 aliphatic rings. The molecular weight excluding hydrogens is 321 g/mol. The highest BCUT2D eigenvalue weighted by atomic mass is 35.5. The van der Waals surface area contributed by atoms with Crippen molar-refractivity contribution in [2.45, 2.75) is 12.6 Å². The van der Waals surface area contributed by atoms with Gasteiger partial charge in [-0.1, -0.05) is 11.6 Å². The zero-order valence-corrected chi connectivity index (χ0v) is 12.4. The monoisotopic (exact) mass is 336 g/mol. The number of hydrogen-bond acceptors (Lipinski definition) is 3. The zero-order valence-electron chi connectivity index (χ0n) is 11.7. The second kappa shape index (κ2) is 6.85. The van der Waals surface area contributed by atoms with Gasteiger partial charge in [0.05, 0.1) is 17.8 Å². The Bertz CT molecular complexity index is 551. The number of carbonyl (C=O) groups excluding carboxylic acids is 1. The molecule has 1 atom stereocenters. The van der Waals surface area contributed by atoms with E-state index in [1.165, 1.54) is 6.07 Å². The Balaban J connectivity index is 2.03. The van der Waals surface area contributed by atoms with Crippen molar-refractivity contribution in [1.29, 1.82) is 0 Å². The summed E-state index contributed by atoms with van der Waals surface area (Å²) < 4.78 is 38.8. The van der Waals surface area contributed by atoms with E-state index in [0.29, 0.717) is 13.1 Å². The van der Waals surface area contributed by atoms with Crippen LogP contribution < -0.4 is 5.32 Å². The van der Waals surface area contributed by atoms with Gasteiger partial charge in [-0.15, -0.1) is 0 Å². The number of aliphatic hydroxyl groups excluding tert-OH is 1. The van der Waals surface area contributed by atoms with Gasteiger partial charge in [0.15, 0.2) is 0 Å². The largest absolute Gasteiger partial charge is 0.418 e. The minimum Gasteiger partial charge on any atom is -0.396 e. The first-order chi connectivity index (χ1) is 10.3. The first kappa shape index (κ1) is 17.1.